The van der Waals surface area contributed by atoms with Gasteiger partial charge in [0.05, 0.1) is 0 Å². The Morgan fingerprint density at radius 3 is 2.52 bits per heavy atom. The minimum atomic E-state index is -0.455. The molecular weight excluding hydrogens is 364 g/mol. The van der Waals surface area contributed by atoms with Crippen LogP contribution in [0.3, 0.4) is 0 Å². The van der Waals surface area contributed by atoms with Gasteiger partial charge in [-0.25, -0.2) is 0 Å². The van der Waals surface area contributed by atoms with Crippen LogP contribution in [0, 0.1) is 6.92 Å². The predicted molar refractivity (Wildman–Crippen MR) is 112 cm³/mol. The molecule has 1 atom stereocenters. The van der Waals surface area contributed by atoms with E-state index in [-0.39, 0.29) is 17.4 Å². The van der Waals surface area contributed by atoms with E-state index in [1.807, 2.05) is 38.1 Å². The number of amides is 1. The van der Waals surface area contributed by atoms with Crippen molar-refractivity contribution in [2.75, 3.05) is 5.32 Å². The summed E-state index contributed by atoms with van der Waals surface area (Å²) in [5, 5.41) is 16.0. The molecule has 0 radical (unpaired) electrons. The molecule has 0 aromatic heterocycles. The zero-order chi connectivity index (χ0) is 20.5. The zero-order valence-electron chi connectivity index (χ0n) is 16.6. The van der Waals surface area contributed by atoms with Gasteiger partial charge in [0.15, 0.2) is 5.78 Å². The highest BCUT2D eigenvalue weighted by molar-refractivity contribution is 6.10. The summed E-state index contributed by atoms with van der Waals surface area (Å²) < 4.78 is 0. The fourth-order valence-corrected chi connectivity index (χ4v) is 4.19. The average molecular weight is 388 g/mol. The minimum Gasteiger partial charge on any atom is -0.508 e. The molecule has 5 heteroatoms. The van der Waals surface area contributed by atoms with Gasteiger partial charge in [0.2, 0.25) is 0 Å². The molecule has 1 aliphatic heterocycles. The molecule has 0 bridgehead atoms. The standard InChI is InChI=1S/C24H24N2O3/c1-14-6-3-4-7-18(14)26-24(29)21-15(2)25-19-8-5-9-20(28)23(19)22(21)16-10-12-17(27)13-11-16/h3-4,6-7,10-13,22,25,27H,5,8-9H2,1-2H3,(H,26,29). The lowest BCUT2D eigenvalue weighted by Gasteiger charge is -2.34. The highest BCUT2D eigenvalue weighted by Gasteiger charge is 2.38. The summed E-state index contributed by atoms with van der Waals surface area (Å²) in [6, 6.07) is 14.4. The number of aromatic hydroxyl groups is 1. The van der Waals surface area contributed by atoms with E-state index in [1.54, 1.807) is 24.3 Å². The van der Waals surface area contributed by atoms with Gasteiger partial charge in [-0.05, 0) is 56.0 Å². The van der Waals surface area contributed by atoms with E-state index < -0.39 is 5.92 Å². The summed E-state index contributed by atoms with van der Waals surface area (Å²) in [6.07, 6.45) is 2.09. The summed E-state index contributed by atoms with van der Waals surface area (Å²) in [7, 11) is 0. The van der Waals surface area contributed by atoms with E-state index in [0.717, 1.165) is 41.1 Å². The Balaban J connectivity index is 1.79. The summed E-state index contributed by atoms with van der Waals surface area (Å²) in [5.74, 6) is -0.458. The van der Waals surface area contributed by atoms with Gasteiger partial charge in [-0.1, -0.05) is 30.3 Å². The average Bonchev–Trinajstić information content (AvgIpc) is 2.69. The molecule has 5 nitrogen and oxygen atoms in total. The van der Waals surface area contributed by atoms with Gasteiger partial charge >= 0.3 is 0 Å². The quantitative estimate of drug-likeness (QED) is 0.732. The van der Waals surface area contributed by atoms with Gasteiger partial charge in [-0.2, -0.15) is 0 Å². The van der Waals surface area contributed by atoms with Crippen LogP contribution in [0.15, 0.2) is 71.1 Å². The number of phenols is 1. The predicted octanol–water partition coefficient (Wildman–Crippen LogP) is 4.31. The van der Waals surface area contributed by atoms with E-state index in [4.69, 9.17) is 0 Å². The lowest BCUT2D eigenvalue weighted by atomic mass is 9.75. The molecule has 3 N–H and O–H groups in total. The molecule has 0 fully saturated rings. The Bertz CT molecular complexity index is 1050. The van der Waals surface area contributed by atoms with E-state index in [1.165, 1.54) is 0 Å². The van der Waals surface area contributed by atoms with Crippen LogP contribution in [0.2, 0.25) is 0 Å². The van der Waals surface area contributed by atoms with Crippen LogP contribution in [0.5, 0.6) is 5.75 Å². The monoisotopic (exact) mass is 388 g/mol. The van der Waals surface area contributed by atoms with Crippen LogP contribution in [0.4, 0.5) is 5.69 Å². The third-order valence-corrected chi connectivity index (χ3v) is 5.64. The van der Waals surface area contributed by atoms with Crippen molar-refractivity contribution in [3.8, 4) is 5.75 Å². The van der Waals surface area contributed by atoms with Gasteiger partial charge in [-0.15, -0.1) is 0 Å². The van der Waals surface area contributed by atoms with Crippen molar-refractivity contribution in [2.45, 2.75) is 39.0 Å². The Morgan fingerprint density at radius 2 is 1.79 bits per heavy atom. The molecule has 148 valence electrons. The Hall–Kier alpha value is -3.34. The normalized spacial score (nSPS) is 19.0. The first kappa shape index (κ1) is 19.0. The number of hydrogen-bond acceptors (Lipinski definition) is 4. The fraction of sp³-hybridized carbons (Fsp3) is 0.250. The number of Topliss-reactive ketones (excluding diaryl/α,β-unsaturated/α-hetero) is 1. The minimum absolute atomic E-state index is 0.0746. The number of hydrogen-bond donors (Lipinski definition) is 3. The number of phenolic OH excluding ortho intramolecular Hbond substituents is 1. The molecule has 1 aliphatic carbocycles. The van der Waals surface area contributed by atoms with Crippen molar-refractivity contribution in [3.05, 3.63) is 82.2 Å². The van der Waals surface area contributed by atoms with Crippen molar-refractivity contribution >= 4 is 17.4 Å². The zero-order valence-corrected chi connectivity index (χ0v) is 16.6. The van der Waals surface area contributed by atoms with Crippen LogP contribution >= 0.6 is 0 Å². The number of dihydropyridines is 1. The van der Waals surface area contributed by atoms with Crippen molar-refractivity contribution in [1.29, 1.82) is 0 Å². The maximum absolute atomic E-state index is 13.4. The molecule has 2 aliphatic rings. The maximum Gasteiger partial charge on any atom is 0.254 e. The Kier molecular flexibility index (Phi) is 4.97. The number of allylic oxidation sites excluding steroid dienone is 3. The van der Waals surface area contributed by atoms with Gasteiger partial charge in [0.25, 0.3) is 5.91 Å². The molecule has 2 aromatic rings. The smallest absolute Gasteiger partial charge is 0.254 e. The number of para-hydroxylation sites is 1. The molecule has 1 amide bonds. The van der Waals surface area contributed by atoms with Crippen molar-refractivity contribution in [1.82, 2.24) is 5.32 Å². The summed E-state index contributed by atoms with van der Waals surface area (Å²) >= 11 is 0. The Morgan fingerprint density at radius 1 is 1.07 bits per heavy atom. The molecule has 4 rings (SSSR count). The highest BCUT2D eigenvalue weighted by Crippen LogP contribution is 2.42. The number of anilines is 1. The highest BCUT2D eigenvalue weighted by atomic mass is 16.3. The van der Waals surface area contributed by atoms with Gasteiger partial charge in [0.1, 0.15) is 5.75 Å². The third-order valence-electron chi connectivity index (χ3n) is 5.64. The van der Waals surface area contributed by atoms with Crippen LogP contribution in [-0.2, 0) is 9.59 Å². The number of carbonyl (C=O) groups is 2. The van der Waals surface area contributed by atoms with Crippen molar-refractivity contribution in [3.63, 3.8) is 0 Å². The van der Waals surface area contributed by atoms with Gasteiger partial charge in [-0.3, -0.25) is 9.59 Å². The van der Waals surface area contributed by atoms with E-state index in [0.29, 0.717) is 17.6 Å². The molecule has 2 aromatic carbocycles. The van der Waals surface area contributed by atoms with E-state index in [2.05, 4.69) is 10.6 Å². The summed E-state index contributed by atoms with van der Waals surface area (Å²) in [6.45, 7) is 3.82. The number of rotatable bonds is 3. The van der Waals surface area contributed by atoms with Crippen LogP contribution in [0.25, 0.3) is 0 Å². The maximum atomic E-state index is 13.4. The fourth-order valence-electron chi connectivity index (χ4n) is 4.19. The second-order valence-electron chi connectivity index (χ2n) is 7.63. The van der Waals surface area contributed by atoms with Gasteiger partial charge < -0.3 is 15.7 Å². The third kappa shape index (κ3) is 3.56. The number of benzene rings is 2. The first-order chi connectivity index (χ1) is 14.0. The first-order valence-corrected chi connectivity index (χ1v) is 9.85. The van der Waals surface area contributed by atoms with Crippen molar-refractivity contribution < 1.29 is 14.7 Å². The Labute approximate surface area is 170 Å². The van der Waals surface area contributed by atoms with Crippen LogP contribution in [0.1, 0.15) is 43.2 Å². The SMILES string of the molecule is CC1=C(C(=O)Nc2ccccc2C)C(c2ccc(O)cc2)C2=C(CCCC2=O)N1. The van der Waals surface area contributed by atoms with E-state index in [9.17, 15) is 14.7 Å². The number of aryl methyl sites for hydroxylation is 1. The van der Waals surface area contributed by atoms with Crippen LogP contribution in [-0.4, -0.2) is 16.8 Å². The number of carbonyl (C=O) groups excluding carboxylic acids is 2. The second kappa shape index (κ2) is 7.59. The molecule has 29 heavy (non-hydrogen) atoms. The number of nitrogens with one attached hydrogen (secondary N) is 2. The molecular formula is C24H24N2O3. The molecule has 0 spiro atoms. The summed E-state index contributed by atoms with van der Waals surface area (Å²) in [4.78, 5) is 26.2. The lowest BCUT2D eigenvalue weighted by Crippen LogP contribution is -2.35. The molecule has 0 saturated heterocycles. The topological polar surface area (TPSA) is 78.4 Å². The molecule has 1 heterocycles. The lowest BCUT2D eigenvalue weighted by molar-refractivity contribution is -0.116. The largest absolute Gasteiger partial charge is 0.508 e. The van der Waals surface area contributed by atoms with E-state index >= 15 is 0 Å². The molecule has 0 saturated carbocycles. The molecule has 1 unspecified atom stereocenters. The van der Waals surface area contributed by atoms with Crippen molar-refractivity contribution in [2.24, 2.45) is 0 Å². The second-order valence-corrected chi connectivity index (χ2v) is 7.63. The van der Waals surface area contributed by atoms with Gasteiger partial charge in [0, 0.05) is 40.6 Å². The first-order valence-electron chi connectivity index (χ1n) is 9.85. The number of ketones is 1. The van der Waals surface area contributed by atoms with Crippen LogP contribution < -0.4 is 10.6 Å². The summed E-state index contributed by atoms with van der Waals surface area (Å²) in [5.41, 5.74) is 5.40.